The number of anilines is 1. The molecular formula is C19H20N4O6. The smallest absolute Gasteiger partial charge is 0.329 e. The number of para-hydroxylation sites is 1. The summed E-state index contributed by atoms with van der Waals surface area (Å²) in [6.07, 6.45) is 1.10. The predicted molar refractivity (Wildman–Crippen MR) is 106 cm³/mol. The van der Waals surface area contributed by atoms with Crippen molar-refractivity contribution < 1.29 is 24.4 Å². The van der Waals surface area contributed by atoms with Crippen LogP contribution in [0.4, 0.5) is 11.4 Å². The Morgan fingerprint density at radius 1 is 1.24 bits per heavy atom. The maximum atomic E-state index is 12.0. The van der Waals surface area contributed by atoms with E-state index in [0.29, 0.717) is 5.69 Å². The van der Waals surface area contributed by atoms with Crippen molar-refractivity contribution >= 4 is 29.4 Å². The first-order valence-electron chi connectivity index (χ1n) is 8.59. The molecule has 0 heterocycles. The molecule has 3 N–H and O–H groups in total. The highest BCUT2D eigenvalue weighted by molar-refractivity contribution is 6.39. The average Bonchev–Trinajstić information content (AvgIpc) is 2.66. The summed E-state index contributed by atoms with van der Waals surface area (Å²) >= 11 is 0. The van der Waals surface area contributed by atoms with E-state index in [1.807, 2.05) is 6.07 Å². The standard InChI is InChI=1S/C19H20N4O6/c1-4-29-15-9-13(8-14(17(15)24)23(27)28)10-20-22-19(26)18(25)21-16-11(2)6-5-7-12(16)3/h5-10,24H,4H2,1-3H3,(H,21,25)(H,22,26)/b20-10-. The van der Waals surface area contributed by atoms with E-state index < -0.39 is 28.2 Å². The monoisotopic (exact) mass is 400 g/mol. The van der Waals surface area contributed by atoms with Crippen LogP contribution in [0.15, 0.2) is 35.4 Å². The molecule has 2 amide bonds. The summed E-state index contributed by atoms with van der Waals surface area (Å²) in [6.45, 7) is 5.43. The van der Waals surface area contributed by atoms with Crippen LogP contribution in [-0.4, -0.2) is 34.7 Å². The molecule has 2 rings (SSSR count). The van der Waals surface area contributed by atoms with Crippen LogP contribution in [0.5, 0.6) is 11.5 Å². The molecule has 0 unspecified atom stereocenters. The molecule has 29 heavy (non-hydrogen) atoms. The molecule has 0 atom stereocenters. The van der Waals surface area contributed by atoms with Gasteiger partial charge in [-0.3, -0.25) is 19.7 Å². The minimum absolute atomic E-state index is 0.0951. The quantitative estimate of drug-likeness (QED) is 0.294. The summed E-state index contributed by atoms with van der Waals surface area (Å²) in [7, 11) is 0. The van der Waals surface area contributed by atoms with Crippen LogP contribution in [-0.2, 0) is 9.59 Å². The van der Waals surface area contributed by atoms with Gasteiger partial charge in [0, 0.05) is 17.3 Å². The molecule has 0 aromatic heterocycles. The van der Waals surface area contributed by atoms with Gasteiger partial charge in [-0.15, -0.1) is 0 Å². The molecule has 2 aromatic rings. The molecule has 0 bridgehead atoms. The summed E-state index contributed by atoms with van der Waals surface area (Å²) in [6, 6.07) is 7.80. The van der Waals surface area contributed by atoms with E-state index in [4.69, 9.17) is 4.74 Å². The molecular weight excluding hydrogens is 380 g/mol. The van der Waals surface area contributed by atoms with Gasteiger partial charge in [-0.25, -0.2) is 5.43 Å². The van der Waals surface area contributed by atoms with Crippen LogP contribution in [0.1, 0.15) is 23.6 Å². The Hall–Kier alpha value is -3.95. The number of aryl methyl sites for hydroxylation is 2. The second-order valence-electron chi connectivity index (χ2n) is 6.00. The molecule has 0 aliphatic heterocycles. The van der Waals surface area contributed by atoms with Gasteiger partial charge in [-0.1, -0.05) is 18.2 Å². The van der Waals surface area contributed by atoms with E-state index in [1.54, 1.807) is 32.9 Å². The van der Waals surface area contributed by atoms with Gasteiger partial charge in [0.25, 0.3) is 0 Å². The van der Waals surface area contributed by atoms with E-state index in [0.717, 1.165) is 23.4 Å². The molecule has 152 valence electrons. The molecule has 2 aromatic carbocycles. The van der Waals surface area contributed by atoms with Crippen LogP contribution in [0, 0.1) is 24.0 Å². The largest absolute Gasteiger partial charge is 0.500 e. The summed E-state index contributed by atoms with van der Waals surface area (Å²) in [5.74, 6) is -2.62. The number of phenols is 1. The Bertz CT molecular complexity index is 967. The number of hydrogen-bond acceptors (Lipinski definition) is 7. The fourth-order valence-corrected chi connectivity index (χ4v) is 2.49. The number of amides is 2. The van der Waals surface area contributed by atoms with Crippen molar-refractivity contribution in [2.24, 2.45) is 5.10 Å². The number of nitrogens with one attached hydrogen (secondary N) is 2. The Kier molecular flexibility index (Phi) is 6.85. The van der Waals surface area contributed by atoms with Gasteiger partial charge < -0.3 is 15.2 Å². The SMILES string of the molecule is CCOc1cc(/C=N\NC(=O)C(=O)Nc2c(C)cccc2C)cc([N+](=O)[O-])c1O. The second-order valence-corrected chi connectivity index (χ2v) is 6.00. The number of hydrogen-bond donors (Lipinski definition) is 3. The number of hydrazone groups is 1. The molecule has 0 fully saturated rings. The minimum atomic E-state index is -1.01. The molecule has 0 aliphatic carbocycles. The maximum Gasteiger partial charge on any atom is 0.329 e. The fourth-order valence-electron chi connectivity index (χ4n) is 2.49. The van der Waals surface area contributed by atoms with Crippen molar-refractivity contribution in [3.05, 3.63) is 57.1 Å². The number of nitro groups is 1. The van der Waals surface area contributed by atoms with Crippen LogP contribution >= 0.6 is 0 Å². The molecule has 0 spiro atoms. The van der Waals surface area contributed by atoms with E-state index in [9.17, 15) is 24.8 Å². The van der Waals surface area contributed by atoms with Crippen molar-refractivity contribution in [2.75, 3.05) is 11.9 Å². The number of aromatic hydroxyl groups is 1. The number of nitrogens with zero attached hydrogens (tertiary/aromatic N) is 2. The number of carbonyl (C=O) groups is 2. The zero-order valence-corrected chi connectivity index (χ0v) is 16.1. The van der Waals surface area contributed by atoms with Gasteiger partial charge in [0.1, 0.15) is 0 Å². The van der Waals surface area contributed by atoms with E-state index in [2.05, 4.69) is 15.8 Å². The second kappa shape index (κ2) is 9.31. The number of carbonyl (C=O) groups excluding carboxylic acids is 2. The van der Waals surface area contributed by atoms with E-state index in [1.165, 1.54) is 6.07 Å². The minimum Gasteiger partial charge on any atom is -0.500 e. The van der Waals surface area contributed by atoms with Crippen molar-refractivity contribution in [3.63, 3.8) is 0 Å². The third-order valence-corrected chi connectivity index (χ3v) is 3.88. The van der Waals surface area contributed by atoms with Crippen molar-refractivity contribution in [1.82, 2.24) is 5.43 Å². The number of benzene rings is 2. The molecule has 10 heteroatoms. The molecule has 10 nitrogen and oxygen atoms in total. The van der Waals surface area contributed by atoms with Crippen LogP contribution in [0.25, 0.3) is 0 Å². The Labute approximate surface area is 166 Å². The summed E-state index contributed by atoms with van der Waals surface area (Å²) < 4.78 is 5.15. The molecule has 0 aliphatic rings. The first kappa shape index (κ1) is 21.4. The third-order valence-electron chi connectivity index (χ3n) is 3.88. The van der Waals surface area contributed by atoms with Gasteiger partial charge in [0.05, 0.1) is 17.7 Å². The highest BCUT2D eigenvalue weighted by Crippen LogP contribution is 2.36. The normalized spacial score (nSPS) is 10.6. The van der Waals surface area contributed by atoms with Crippen LogP contribution < -0.4 is 15.5 Å². The number of nitro benzene ring substituents is 1. The summed E-state index contributed by atoms with van der Waals surface area (Å²) in [5, 5.41) is 27.1. The third kappa shape index (κ3) is 5.28. The summed E-state index contributed by atoms with van der Waals surface area (Å²) in [4.78, 5) is 34.3. The zero-order chi connectivity index (χ0) is 21.6. The van der Waals surface area contributed by atoms with Gasteiger partial charge in [0.15, 0.2) is 5.75 Å². The van der Waals surface area contributed by atoms with Gasteiger partial charge in [-0.05, 0) is 38.0 Å². The molecule has 0 saturated heterocycles. The van der Waals surface area contributed by atoms with Gasteiger partial charge >= 0.3 is 17.5 Å². The van der Waals surface area contributed by atoms with E-state index in [-0.39, 0.29) is 17.9 Å². The van der Waals surface area contributed by atoms with Crippen molar-refractivity contribution in [3.8, 4) is 11.5 Å². The Balaban J connectivity index is 2.11. The lowest BCUT2D eigenvalue weighted by molar-refractivity contribution is -0.386. The predicted octanol–water partition coefficient (Wildman–Crippen LogP) is 2.40. The lowest BCUT2D eigenvalue weighted by atomic mass is 10.1. The topological polar surface area (TPSA) is 143 Å². The lowest BCUT2D eigenvalue weighted by Gasteiger charge is -2.10. The van der Waals surface area contributed by atoms with Crippen molar-refractivity contribution in [1.29, 1.82) is 0 Å². The van der Waals surface area contributed by atoms with Crippen LogP contribution in [0.3, 0.4) is 0 Å². The number of phenolic OH excluding ortho intramolecular Hbond substituents is 1. The zero-order valence-electron chi connectivity index (χ0n) is 16.1. The number of rotatable bonds is 6. The van der Waals surface area contributed by atoms with Crippen molar-refractivity contribution in [2.45, 2.75) is 20.8 Å². The maximum absolute atomic E-state index is 12.0. The van der Waals surface area contributed by atoms with E-state index >= 15 is 0 Å². The number of ether oxygens (including phenoxy) is 1. The Morgan fingerprint density at radius 2 is 1.90 bits per heavy atom. The van der Waals surface area contributed by atoms with Gasteiger partial charge in [0.2, 0.25) is 5.75 Å². The van der Waals surface area contributed by atoms with Gasteiger partial charge in [-0.2, -0.15) is 5.10 Å². The first-order valence-corrected chi connectivity index (χ1v) is 8.59. The fraction of sp³-hybridized carbons (Fsp3) is 0.211. The summed E-state index contributed by atoms with van der Waals surface area (Å²) in [5.41, 5.74) is 3.80. The lowest BCUT2D eigenvalue weighted by Crippen LogP contribution is -2.32. The molecule has 0 radical (unpaired) electrons. The highest BCUT2D eigenvalue weighted by Gasteiger charge is 2.20. The first-order chi connectivity index (χ1) is 13.7. The van der Waals surface area contributed by atoms with Crippen LogP contribution in [0.2, 0.25) is 0 Å². The Morgan fingerprint density at radius 3 is 2.48 bits per heavy atom. The average molecular weight is 400 g/mol. The highest BCUT2D eigenvalue weighted by atomic mass is 16.6. The molecule has 0 saturated carbocycles.